The van der Waals surface area contributed by atoms with E-state index in [-0.39, 0.29) is 6.10 Å². The Morgan fingerprint density at radius 1 is 1.50 bits per heavy atom. The lowest BCUT2D eigenvalue weighted by atomic mass is 10.1. The van der Waals surface area contributed by atoms with Crippen LogP contribution in [0.15, 0.2) is 24.3 Å². The number of methoxy groups -OCH3 is 1. The predicted octanol–water partition coefficient (Wildman–Crippen LogP) is 1.51. The molecule has 0 fully saturated rings. The van der Waals surface area contributed by atoms with Crippen LogP contribution < -0.4 is 5.32 Å². The fourth-order valence-electron chi connectivity index (χ4n) is 1.38. The lowest BCUT2D eigenvalue weighted by Crippen LogP contribution is -2.26. The van der Waals surface area contributed by atoms with E-state index in [0.717, 1.165) is 5.56 Å². The second-order valence-electron chi connectivity index (χ2n) is 3.64. The molecule has 0 aliphatic carbocycles. The van der Waals surface area contributed by atoms with Gasteiger partial charge in [-0.05, 0) is 18.6 Å². The number of hydrogen-bond acceptors (Lipinski definition) is 3. The van der Waals surface area contributed by atoms with E-state index in [1.807, 2.05) is 19.1 Å². The molecule has 2 N–H and O–H groups in total. The van der Waals surface area contributed by atoms with Crippen molar-refractivity contribution in [2.75, 3.05) is 13.7 Å². The number of nitrogens with one attached hydrogen (secondary N) is 1. The average Bonchev–Trinajstić information content (AvgIpc) is 2.29. The van der Waals surface area contributed by atoms with Crippen LogP contribution in [0.4, 0.5) is 0 Å². The Labute approximate surface area is 95.2 Å². The van der Waals surface area contributed by atoms with Gasteiger partial charge in [0.15, 0.2) is 0 Å². The zero-order valence-electron chi connectivity index (χ0n) is 9.56. The molecule has 1 unspecified atom stereocenters. The summed E-state index contributed by atoms with van der Waals surface area (Å²) < 4.78 is 5.09. The number of ether oxygens (including phenoxy) is 1. The molecule has 0 aliphatic heterocycles. The second kappa shape index (κ2) is 6.25. The van der Waals surface area contributed by atoms with Crippen molar-refractivity contribution < 1.29 is 14.6 Å². The minimum Gasteiger partial charge on any atom is -0.478 e. The van der Waals surface area contributed by atoms with Crippen LogP contribution in [0.2, 0.25) is 0 Å². The summed E-state index contributed by atoms with van der Waals surface area (Å²) in [4.78, 5) is 10.9. The van der Waals surface area contributed by atoms with Gasteiger partial charge in [0, 0.05) is 20.2 Å². The van der Waals surface area contributed by atoms with Gasteiger partial charge in [0.05, 0.1) is 11.7 Å². The lowest BCUT2D eigenvalue weighted by Gasteiger charge is -2.11. The summed E-state index contributed by atoms with van der Waals surface area (Å²) in [5.41, 5.74) is 1.14. The van der Waals surface area contributed by atoms with Gasteiger partial charge in [0.1, 0.15) is 0 Å². The highest BCUT2D eigenvalue weighted by Gasteiger charge is 2.08. The SMILES string of the molecule is COC(C)CNCc1ccccc1C(=O)O. The van der Waals surface area contributed by atoms with E-state index in [1.54, 1.807) is 19.2 Å². The van der Waals surface area contributed by atoms with E-state index in [4.69, 9.17) is 9.84 Å². The Hall–Kier alpha value is -1.39. The van der Waals surface area contributed by atoms with Crippen LogP contribution >= 0.6 is 0 Å². The molecular formula is C12H17NO3. The van der Waals surface area contributed by atoms with Crippen molar-refractivity contribution in [1.82, 2.24) is 5.32 Å². The number of rotatable bonds is 6. The molecule has 0 spiro atoms. The molecule has 4 heteroatoms. The van der Waals surface area contributed by atoms with Gasteiger partial charge in [-0.15, -0.1) is 0 Å². The van der Waals surface area contributed by atoms with Gasteiger partial charge >= 0.3 is 5.97 Å². The van der Waals surface area contributed by atoms with Crippen LogP contribution in [0.1, 0.15) is 22.8 Å². The van der Waals surface area contributed by atoms with Crippen molar-refractivity contribution in [2.24, 2.45) is 0 Å². The summed E-state index contributed by atoms with van der Waals surface area (Å²) in [6.45, 7) is 3.19. The van der Waals surface area contributed by atoms with E-state index in [2.05, 4.69) is 5.32 Å². The van der Waals surface area contributed by atoms with Gasteiger partial charge < -0.3 is 15.2 Å². The van der Waals surface area contributed by atoms with Gasteiger partial charge in [-0.2, -0.15) is 0 Å². The molecule has 0 radical (unpaired) electrons. The van der Waals surface area contributed by atoms with Crippen molar-refractivity contribution in [2.45, 2.75) is 19.6 Å². The van der Waals surface area contributed by atoms with E-state index in [9.17, 15) is 4.79 Å². The van der Waals surface area contributed by atoms with E-state index >= 15 is 0 Å². The molecule has 1 rings (SSSR count). The normalized spacial score (nSPS) is 12.4. The third-order valence-corrected chi connectivity index (χ3v) is 2.40. The average molecular weight is 223 g/mol. The van der Waals surface area contributed by atoms with Crippen LogP contribution in [0.3, 0.4) is 0 Å². The van der Waals surface area contributed by atoms with Gasteiger partial charge in [0.25, 0.3) is 0 Å². The van der Waals surface area contributed by atoms with Gasteiger partial charge in [-0.3, -0.25) is 0 Å². The van der Waals surface area contributed by atoms with Crippen molar-refractivity contribution in [1.29, 1.82) is 0 Å². The van der Waals surface area contributed by atoms with Gasteiger partial charge in [0.2, 0.25) is 0 Å². The molecule has 16 heavy (non-hydrogen) atoms. The van der Waals surface area contributed by atoms with Crippen molar-refractivity contribution in [3.8, 4) is 0 Å². The van der Waals surface area contributed by atoms with Gasteiger partial charge in [-0.25, -0.2) is 4.79 Å². The van der Waals surface area contributed by atoms with Crippen LogP contribution in [0.25, 0.3) is 0 Å². The van der Waals surface area contributed by atoms with Crippen molar-refractivity contribution in [3.05, 3.63) is 35.4 Å². The molecule has 88 valence electrons. The highest BCUT2D eigenvalue weighted by atomic mass is 16.5. The van der Waals surface area contributed by atoms with Crippen LogP contribution in [0, 0.1) is 0 Å². The summed E-state index contributed by atoms with van der Waals surface area (Å²) in [7, 11) is 1.65. The van der Waals surface area contributed by atoms with Crippen molar-refractivity contribution >= 4 is 5.97 Å². The number of carboxylic acids is 1. The highest BCUT2D eigenvalue weighted by Crippen LogP contribution is 2.08. The maximum absolute atomic E-state index is 10.9. The summed E-state index contributed by atoms with van der Waals surface area (Å²) in [6.07, 6.45) is 0.122. The molecule has 0 saturated carbocycles. The van der Waals surface area contributed by atoms with E-state index in [1.165, 1.54) is 0 Å². The molecule has 0 aromatic heterocycles. The Balaban J connectivity index is 2.56. The third-order valence-electron chi connectivity index (χ3n) is 2.40. The number of benzene rings is 1. The molecule has 0 bridgehead atoms. The second-order valence-corrected chi connectivity index (χ2v) is 3.64. The van der Waals surface area contributed by atoms with E-state index < -0.39 is 5.97 Å². The van der Waals surface area contributed by atoms with Gasteiger partial charge in [-0.1, -0.05) is 18.2 Å². The first kappa shape index (κ1) is 12.7. The molecule has 0 saturated heterocycles. The molecular weight excluding hydrogens is 206 g/mol. The molecule has 0 heterocycles. The number of carboxylic acid groups (broad SMARTS) is 1. The topological polar surface area (TPSA) is 58.6 Å². The predicted molar refractivity (Wildman–Crippen MR) is 61.6 cm³/mol. The lowest BCUT2D eigenvalue weighted by molar-refractivity contribution is 0.0695. The maximum atomic E-state index is 10.9. The molecule has 4 nitrogen and oxygen atoms in total. The molecule has 0 aliphatic rings. The zero-order valence-corrected chi connectivity index (χ0v) is 9.56. The fraction of sp³-hybridized carbons (Fsp3) is 0.417. The van der Waals surface area contributed by atoms with Crippen LogP contribution in [-0.2, 0) is 11.3 Å². The zero-order chi connectivity index (χ0) is 12.0. The van der Waals surface area contributed by atoms with E-state index in [0.29, 0.717) is 18.7 Å². The Kier molecular flexibility index (Phi) is 4.95. The first-order valence-corrected chi connectivity index (χ1v) is 5.20. The third kappa shape index (κ3) is 3.64. The molecule has 0 amide bonds. The number of carbonyl (C=O) groups is 1. The quantitative estimate of drug-likeness (QED) is 0.767. The standard InChI is InChI=1S/C12H17NO3/c1-9(16-2)7-13-8-10-5-3-4-6-11(10)12(14)15/h3-6,9,13H,7-8H2,1-2H3,(H,14,15). The first-order valence-electron chi connectivity index (χ1n) is 5.20. The Bertz CT molecular complexity index is 352. The first-order chi connectivity index (χ1) is 7.65. The highest BCUT2D eigenvalue weighted by molar-refractivity contribution is 5.89. The van der Waals surface area contributed by atoms with Crippen molar-refractivity contribution in [3.63, 3.8) is 0 Å². The summed E-state index contributed by atoms with van der Waals surface area (Å²) in [6, 6.07) is 6.99. The minimum absolute atomic E-state index is 0.122. The molecule has 1 aromatic carbocycles. The summed E-state index contributed by atoms with van der Waals surface area (Å²) >= 11 is 0. The molecule has 1 atom stereocenters. The number of aromatic carboxylic acids is 1. The summed E-state index contributed by atoms with van der Waals surface area (Å²) in [5, 5.41) is 12.1. The monoisotopic (exact) mass is 223 g/mol. The summed E-state index contributed by atoms with van der Waals surface area (Å²) in [5.74, 6) is -0.891. The fourth-order valence-corrected chi connectivity index (χ4v) is 1.38. The maximum Gasteiger partial charge on any atom is 0.336 e. The molecule has 1 aromatic rings. The Morgan fingerprint density at radius 2 is 2.19 bits per heavy atom. The van der Waals surface area contributed by atoms with Crippen LogP contribution in [-0.4, -0.2) is 30.8 Å². The Morgan fingerprint density at radius 3 is 2.81 bits per heavy atom. The minimum atomic E-state index is -0.891. The smallest absolute Gasteiger partial charge is 0.336 e. The largest absolute Gasteiger partial charge is 0.478 e. The van der Waals surface area contributed by atoms with Crippen LogP contribution in [0.5, 0.6) is 0 Å². The number of hydrogen-bond donors (Lipinski definition) is 2.